The predicted octanol–water partition coefficient (Wildman–Crippen LogP) is 1.86. The molecule has 0 atom stereocenters. The first kappa shape index (κ1) is 21.6. The van der Waals surface area contributed by atoms with Gasteiger partial charge in [0.15, 0.2) is 21.3 Å². The van der Waals surface area contributed by atoms with Crippen molar-refractivity contribution < 1.29 is 31.1 Å². The minimum atomic E-state index is -3.76. The summed E-state index contributed by atoms with van der Waals surface area (Å²) in [5.74, 6) is 0.708. The summed E-state index contributed by atoms with van der Waals surface area (Å²) in [6.07, 6.45) is 1.84. The summed E-state index contributed by atoms with van der Waals surface area (Å²) in [6, 6.07) is 10.3. The number of anilines is 1. The smallest absolute Gasteiger partial charge is 0.243 e. The molecular formula is C20H22N2O7S2. The monoisotopic (exact) mass is 466 g/mol. The fraction of sp³-hybridized carbons (Fsp3) is 0.350. The second-order valence-corrected chi connectivity index (χ2v) is 11.4. The number of piperidine rings is 1. The quantitative estimate of drug-likeness (QED) is 0.714. The summed E-state index contributed by atoms with van der Waals surface area (Å²) in [7, 11) is -7.17. The largest absolute Gasteiger partial charge is 0.454 e. The molecule has 0 aromatic heterocycles. The topological polar surface area (TPSA) is 119 Å². The van der Waals surface area contributed by atoms with E-state index in [1.807, 2.05) is 0 Å². The molecule has 166 valence electrons. The summed E-state index contributed by atoms with van der Waals surface area (Å²) in [5.41, 5.74) is 0.593. The van der Waals surface area contributed by atoms with Crippen molar-refractivity contribution in [1.82, 2.24) is 4.31 Å². The van der Waals surface area contributed by atoms with Crippen LogP contribution in [0.5, 0.6) is 11.5 Å². The lowest BCUT2D eigenvalue weighted by atomic mass is 9.97. The van der Waals surface area contributed by atoms with Gasteiger partial charge in [-0.15, -0.1) is 0 Å². The molecule has 4 rings (SSSR count). The number of sulfone groups is 1. The van der Waals surface area contributed by atoms with Gasteiger partial charge in [-0.3, -0.25) is 4.79 Å². The normalized spacial score (nSPS) is 17.5. The van der Waals surface area contributed by atoms with Crippen molar-refractivity contribution in [2.45, 2.75) is 22.6 Å². The zero-order chi connectivity index (χ0) is 22.2. The van der Waals surface area contributed by atoms with Crippen LogP contribution in [0, 0.1) is 5.92 Å². The van der Waals surface area contributed by atoms with Crippen LogP contribution in [0.25, 0.3) is 0 Å². The Morgan fingerprint density at radius 2 is 1.55 bits per heavy atom. The van der Waals surface area contributed by atoms with Gasteiger partial charge in [0.05, 0.1) is 9.79 Å². The number of rotatable bonds is 5. The fourth-order valence-corrected chi connectivity index (χ4v) is 5.69. The van der Waals surface area contributed by atoms with Crippen LogP contribution < -0.4 is 14.8 Å². The Bertz CT molecular complexity index is 1200. The second-order valence-electron chi connectivity index (χ2n) is 7.48. The first-order valence-electron chi connectivity index (χ1n) is 9.65. The summed E-state index contributed by atoms with van der Waals surface area (Å²) in [6.45, 7) is 0.557. The molecule has 2 aliphatic heterocycles. The van der Waals surface area contributed by atoms with Crippen molar-refractivity contribution in [2.75, 3.05) is 31.5 Å². The van der Waals surface area contributed by atoms with Crippen molar-refractivity contribution >= 4 is 31.5 Å². The van der Waals surface area contributed by atoms with Gasteiger partial charge in [0.1, 0.15) is 0 Å². The van der Waals surface area contributed by atoms with Crippen LogP contribution in [0.4, 0.5) is 5.69 Å². The standard InChI is InChI=1S/C20H22N2O7S2/c1-30(24,25)16-3-5-17(6-4-16)31(26,27)22-10-8-14(9-11-22)20(23)21-15-2-7-18-19(12-15)29-13-28-18/h2-7,12,14H,8-11,13H2,1H3,(H,21,23). The Morgan fingerprint density at radius 1 is 0.935 bits per heavy atom. The molecule has 0 saturated carbocycles. The van der Waals surface area contributed by atoms with Crippen molar-refractivity contribution in [2.24, 2.45) is 5.92 Å². The van der Waals surface area contributed by atoms with Crippen LogP contribution in [0.15, 0.2) is 52.3 Å². The zero-order valence-corrected chi connectivity index (χ0v) is 18.4. The van der Waals surface area contributed by atoms with E-state index in [0.29, 0.717) is 30.0 Å². The van der Waals surface area contributed by atoms with Crippen molar-refractivity contribution in [1.29, 1.82) is 0 Å². The molecule has 0 spiro atoms. The number of fused-ring (bicyclic) bond motifs is 1. The van der Waals surface area contributed by atoms with Gasteiger partial charge in [0.25, 0.3) is 0 Å². The molecule has 2 aromatic rings. The summed E-state index contributed by atoms with van der Waals surface area (Å²) in [5, 5.41) is 2.85. The van der Waals surface area contributed by atoms with Gasteiger partial charge in [-0.2, -0.15) is 4.31 Å². The maximum Gasteiger partial charge on any atom is 0.243 e. The van der Waals surface area contributed by atoms with E-state index in [1.165, 1.54) is 28.6 Å². The van der Waals surface area contributed by atoms with E-state index in [-0.39, 0.29) is 41.5 Å². The Kier molecular flexibility index (Phi) is 5.67. The number of amides is 1. The molecule has 1 N–H and O–H groups in total. The molecule has 1 saturated heterocycles. The van der Waals surface area contributed by atoms with Crippen LogP contribution in [0.3, 0.4) is 0 Å². The van der Waals surface area contributed by atoms with Gasteiger partial charge < -0.3 is 14.8 Å². The first-order valence-corrected chi connectivity index (χ1v) is 13.0. The van der Waals surface area contributed by atoms with Crippen molar-refractivity contribution in [3.05, 3.63) is 42.5 Å². The van der Waals surface area contributed by atoms with Gasteiger partial charge in [0, 0.05) is 37.0 Å². The van der Waals surface area contributed by atoms with E-state index in [4.69, 9.17) is 9.47 Å². The first-order chi connectivity index (χ1) is 14.6. The molecule has 2 aromatic carbocycles. The van der Waals surface area contributed by atoms with Gasteiger partial charge in [-0.25, -0.2) is 16.8 Å². The van der Waals surface area contributed by atoms with Gasteiger partial charge in [0.2, 0.25) is 22.7 Å². The van der Waals surface area contributed by atoms with E-state index in [0.717, 1.165) is 6.26 Å². The Balaban J connectivity index is 1.38. The number of ether oxygens (including phenoxy) is 2. The molecular weight excluding hydrogens is 444 g/mol. The Hall–Kier alpha value is -2.63. The summed E-state index contributed by atoms with van der Waals surface area (Å²) < 4.78 is 60.8. The van der Waals surface area contributed by atoms with Gasteiger partial charge in [-0.05, 0) is 49.2 Å². The highest BCUT2D eigenvalue weighted by Gasteiger charge is 2.32. The van der Waals surface area contributed by atoms with Gasteiger partial charge in [-0.1, -0.05) is 0 Å². The number of benzene rings is 2. The number of nitrogens with zero attached hydrogens (tertiary/aromatic N) is 1. The molecule has 1 amide bonds. The lowest BCUT2D eigenvalue weighted by Gasteiger charge is -2.30. The second kappa shape index (κ2) is 8.13. The highest BCUT2D eigenvalue weighted by Crippen LogP contribution is 2.34. The average Bonchev–Trinajstić information content (AvgIpc) is 3.21. The lowest BCUT2D eigenvalue weighted by Crippen LogP contribution is -2.41. The lowest BCUT2D eigenvalue weighted by molar-refractivity contribution is -0.120. The van der Waals surface area contributed by atoms with E-state index in [2.05, 4.69) is 5.32 Å². The van der Waals surface area contributed by atoms with Crippen molar-refractivity contribution in [3.8, 4) is 11.5 Å². The maximum atomic E-state index is 12.9. The average molecular weight is 467 g/mol. The van der Waals surface area contributed by atoms with Crippen LogP contribution in [-0.4, -0.2) is 53.2 Å². The van der Waals surface area contributed by atoms with E-state index in [1.54, 1.807) is 18.2 Å². The van der Waals surface area contributed by atoms with Gasteiger partial charge >= 0.3 is 0 Å². The third-order valence-electron chi connectivity index (χ3n) is 5.35. The molecule has 0 unspecified atom stereocenters. The zero-order valence-electron chi connectivity index (χ0n) is 16.8. The molecule has 2 aliphatic rings. The van der Waals surface area contributed by atoms with E-state index >= 15 is 0 Å². The van der Waals surface area contributed by atoms with Crippen molar-refractivity contribution in [3.63, 3.8) is 0 Å². The molecule has 0 bridgehead atoms. The predicted molar refractivity (Wildman–Crippen MR) is 112 cm³/mol. The molecule has 11 heteroatoms. The molecule has 9 nitrogen and oxygen atoms in total. The number of carbonyl (C=O) groups is 1. The SMILES string of the molecule is CS(=O)(=O)c1ccc(S(=O)(=O)N2CCC(C(=O)Nc3ccc4c(c3)OCO4)CC2)cc1. The fourth-order valence-electron chi connectivity index (χ4n) is 3.58. The number of hydrogen-bond donors (Lipinski definition) is 1. The van der Waals surface area contributed by atoms with Crippen LogP contribution in [-0.2, 0) is 24.7 Å². The number of carbonyl (C=O) groups excluding carboxylic acids is 1. The third-order valence-corrected chi connectivity index (χ3v) is 8.40. The molecule has 0 aliphatic carbocycles. The van der Waals surface area contributed by atoms with E-state index < -0.39 is 19.9 Å². The number of hydrogen-bond acceptors (Lipinski definition) is 7. The Morgan fingerprint density at radius 3 is 2.19 bits per heavy atom. The number of nitrogens with one attached hydrogen (secondary N) is 1. The van der Waals surface area contributed by atoms with Crippen LogP contribution in [0.2, 0.25) is 0 Å². The molecule has 1 fully saturated rings. The maximum absolute atomic E-state index is 12.9. The minimum Gasteiger partial charge on any atom is -0.454 e. The highest BCUT2D eigenvalue weighted by molar-refractivity contribution is 7.90. The third kappa shape index (κ3) is 4.53. The molecule has 0 radical (unpaired) electrons. The minimum absolute atomic E-state index is 0.0307. The Labute approximate surface area is 180 Å². The van der Waals surface area contributed by atoms with E-state index in [9.17, 15) is 21.6 Å². The molecule has 2 heterocycles. The number of sulfonamides is 1. The van der Waals surface area contributed by atoms with Crippen LogP contribution in [0.1, 0.15) is 12.8 Å². The van der Waals surface area contributed by atoms with Crippen LogP contribution >= 0.6 is 0 Å². The summed E-state index contributed by atoms with van der Waals surface area (Å²) in [4.78, 5) is 12.7. The molecule has 31 heavy (non-hydrogen) atoms. The summed E-state index contributed by atoms with van der Waals surface area (Å²) >= 11 is 0. The highest BCUT2D eigenvalue weighted by atomic mass is 32.2.